The summed E-state index contributed by atoms with van der Waals surface area (Å²) >= 11 is 1.70. The Labute approximate surface area is 65.1 Å². The van der Waals surface area contributed by atoms with Crippen molar-refractivity contribution in [3.05, 3.63) is 16.1 Å². The first kappa shape index (κ1) is 7.69. The highest BCUT2D eigenvalue weighted by Crippen LogP contribution is 2.17. The smallest absolute Gasteiger partial charge is 0.109 e. The quantitative estimate of drug-likeness (QED) is 0.708. The fraction of sp³-hybridized carbons (Fsp3) is 0.571. The SMILES string of the molecule is CCc1cnc([C@@H](C)N)s1. The molecule has 0 saturated heterocycles. The van der Waals surface area contributed by atoms with E-state index in [2.05, 4.69) is 11.9 Å². The molecule has 0 spiro atoms. The molecule has 0 fully saturated rings. The van der Waals surface area contributed by atoms with Crippen LogP contribution in [0.5, 0.6) is 0 Å². The summed E-state index contributed by atoms with van der Waals surface area (Å²) in [5.74, 6) is 0. The summed E-state index contributed by atoms with van der Waals surface area (Å²) in [6.07, 6.45) is 2.97. The number of hydrogen-bond acceptors (Lipinski definition) is 3. The van der Waals surface area contributed by atoms with E-state index in [1.807, 2.05) is 13.1 Å². The maximum absolute atomic E-state index is 5.63. The van der Waals surface area contributed by atoms with E-state index in [1.165, 1.54) is 4.88 Å². The number of aryl methyl sites for hydroxylation is 1. The topological polar surface area (TPSA) is 38.9 Å². The van der Waals surface area contributed by atoms with Crippen molar-refractivity contribution in [2.24, 2.45) is 5.73 Å². The summed E-state index contributed by atoms with van der Waals surface area (Å²) < 4.78 is 0. The Kier molecular flexibility index (Phi) is 2.40. The molecule has 0 aliphatic rings. The number of aromatic nitrogens is 1. The fourth-order valence-electron chi connectivity index (χ4n) is 0.697. The third-order valence-electron chi connectivity index (χ3n) is 1.31. The van der Waals surface area contributed by atoms with Crippen LogP contribution in [0.3, 0.4) is 0 Å². The van der Waals surface area contributed by atoms with Crippen LogP contribution in [0.25, 0.3) is 0 Å². The highest BCUT2D eigenvalue weighted by atomic mass is 32.1. The molecule has 1 aromatic heterocycles. The number of thiazole rings is 1. The van der Waals surface area contributed by atoms with Gasteiger partial charge in [-0.1, -0.05) is 6.92 Å². The van der Waals surface area contributed by atoms with Gasteiger partial charge in [-0.2, -0.15) is 0 Å². The van der Waals surface area contributed by atoms with Crippen LogP contribution in [0.15, 0.2) is 6.20 Å². The van der Waals surface area contributed by atoms with Crippen LogP contribution < -0.4 is 5.73 Å². The molecular weight excluding hydrogens is 144 g/mol. The van der Waals surface area contributed by atoms with Crippen molar-refractivity contribution in [1.82, 2.24) is 4.98 Å². The Balaban J connectivity index is 2.78. The van der Waals surface area contributed by atoms with Gasteiger partial charge in [-0.05, 0) is 13.3 Å². The lowest BCUT2D eigenvalue weighted by Crippen LogP contribution is -2.03. The lowest BCUT2D eigenvalue weighted by molar-refractivity contribution is 0.807. The van der Waals surface area contributed by atoms with Crippen LogP contribution >= 0.6 is 11.3 Å². The average Bonchev–Trinajstić information content (AvgIpc) is 2.34. The van der Waals surface area contributed by atoms with Gasteiger partial charge in [0.2, 0.25) is 0 Å². The number of nitrogens with two attached hydrogens (primary N) is 1. The molecule has 0 saturated carbocycles. The molecule has 0 radical (unpaired) electrons. The molecule has 1 aromatic rings. The largest absolute Gasteiger partial charge is 0.322 e. The number of rotatable bonds is 2. The highest BCUT2D eigenvalue weighted by Gasteiger charge is 2.03. The van der Waals surface area contributed by atoms with Crippen LogP contribution in [0, 0.1) is 0 Å². The third-order valence-corrected chi connectivity index (χ3v) is 2.65. The molecule has 0 aromatic carbocycles. The Hall–Kier alpha value is -0.410. The monoisotopic (exact) mass is 156 g/mol. The van der Waals surface area contributed by atoms with Crippen LogP contribution in [-0.4, -0.2) is 4.98 Å². The first-order valence-electron chi connectivity index (χ1n) is 3.44. The van der Waals surface area contributed by atoms with Gasteiger partial charge in [0.25, 0.3) is 0 Å². The van der Waals surface area contributed by atoms with E-state index in [1.54, 1.807) is 11.3 Å². The predicted octanol–water partition coefficient (Wildman–Crippen LogP) is 1.73. The van der Waals surface area contributed by atoms with E-state index in [0.717, 1.165) is 11.4 Å². The Morgan fingerprint density at radius 3 is 2.80 bits per heavy atom. The first-order chi connectivity index (χ1) is 4.74. The summed E-state index contributed by atoms with van der Waals surface area (Å²) in [5.41, 5.74) is 5.63. The molecule has 3 heteroatoms. The predicted molar refractivity (Wildman–Crippen MR) is 44.1 cm³/mol. The molecule has 2 nitrogen and oxygen atoms in total. The van der Waals surface area contributed by atoms with Crippen LogP contribution in [0.1, 0.15) is 29.8 Å². The molecule has 10 heavy (non-hydrogen) atoms. The van der Waals surface area contributed by atoms with Crippen LogP contribution in [-0.2, 0) is 6.42 Å². The van der Waals surface area contributed by atoms with Gasteiger partial charge in [-0.15, -0.1) is 11.3 Å². The van der Waals surface area contributed by atoms with Gasteiger partial charge >= 0.3 is 0 Å². The fourth-order valence-corrected chi connectivity index (χ4v) is 1.51. The Morgan fingerprint density at radius 1 is 1.80 bits per heavy atom. The van der Waals surface area contributed by atoms with Crippen LogP contribution in [0.2, 0.25) is 0 Å². The molecule has 1 rings (SSSR count). The number of hydrogen-bond donors (Lipinski definition) is 1. The molecule has 0 bridgehead atoms. The maximum Gasteiger partial charge on any atom is 0.109 e. The maximum atomic E-state index is 5.63. The molecule has 1 atom stereocenters. The summed E-state index contributed by atoms with van der Waals surface area (Å²) in [6, 6.07) is 0.0882. The molecule has 0 aliphatic carbocycles. The van der Waals surface area contributed by atoms with Gasteiger partial charge in [0.15, 0.2) is 0 Å². The molecule has 0 unspecified atom stereocenters. The summed E-state index contributed by atoms with van der Waals surface area (Å²) in [6.45, 7) is 4.08. The standard InChI is InChI=1S/C7H12N2S/c1-3-6-4-9-7(10-6)5(2)8/h4-5H,3,8H2,1-2H3/t5-/m1/s1. The minimum absolute atomic E-state index is 0.0882. The van der Waals surface area contributed by atoms with Gasteiger partial charge in [0, 0.05) is 11.1 Å². The second-order valence-electron chi connectivity index (χ2n) is 2.31. The normalized spacial score (nSPS) is 13.5. The second-order valence-corrected chi connectivity index (χ2v) is 3.45. The average molecular weight is 156 g/mol. The van der Waals surface area contributed by atoms with E-state index >= 15 is 0 Å². The molecule has 0 aliphatic heterocycles. The first-order valence-corrected chi connectivity index (χ1v) is 4.26. The second kappa shape index (κ2) is 3.12. The van der Waals surface area contributed by atoms with Crippen molar-refractivity contribution in [3.63, 3.8) is 0 Å². The molecular formula is C7H12N2S. The van der Waals surface area contributed by atoms with Crippen molar-refractivity contribution in [2.45, 2.75) is 26.3 Å². The van der Waals surface area contributed by atoms with Gasteiger partial charge in [-0.25, -0.2) is 4.98 Å². The molecule has 0 amide bonds. The van der Waals surface area contributed by atoms with Crippen LogP contribution in [0.4, 0.5) is 0 Å². The summed E-state index contributed by atoms with van der Waals surface area (Å²) in [5, 5.41) is 1.04. The van der Waals surface area contributed by atoms with E-state index < -0.39 is 0 Å². The van der Waals surface area contributed by atoms with Crippen molar-refractivity contribution >= 4 is 11.3 Å². The van der Waals surface area contributed by atoms with Gasteiger partial charge in [0.1, 0.15) is 5.01 Å². The zero-order chi connectivity index (χ0) is 7.56. The lowest BCUT2D eigenvalue weighted by atomic mass is 10.4. The minimum atomic E-state index is 0.0882. The van der Waals surface area contributed by atoms with Crippen molar-refractivity contribution in [2.75, 3.05) is 0 Å². The Morgan fingerprint density at radius 2 is 2.50 bits per heavy atom. The summed E-state index contributed by atoms with van der Waals surface area (Å²) in [7, 11) is 0. The van der Waals surface area contributed by atoms with E-state index in [9.17, 15) is 0 Å². The minimum Gasteiger partial charge on any atom is -0.322 e. The summed E-state index contributed by atoms with van der Waals surface area (Å²) in [4.78, 5) is 5.49. The zero-order valence-corrected chi connectivity index (χ0v) is 7.11. The van der Waals surface area contributed by atoms with Gasteiger partial charge < -0.3 is 5.73 Å². The van der Waals surface area contributed by atoms with Crippen molar-refractivity contribution in [1.29, 1.82) is 0 Å². The Bertz CT molecular complexity index is 205. The molecule has 1 heterocycles. The number of nitrogens with zero attached hydrogens (tertiary/aromatic N) is 1. The third kappa shape index (κ3) is 1.55. The molecule has 56 valence electrons. The van der Waals surface area contributed by atoms with E-state index in [4.69, 9.17) is 5.73 Å². The van der Waals surface area contributed by atoms with E-state index in [-0.39, 0.29) is 6.04 Å². The van der Waals surface area contributed by atoms with Gasteiger partial charge in [0.05, 0.1) is 6.04 Å². The van der Waals surface area contributed by atoms with Gasteiger partial charge in [-0.3, -0.25) is 0 Å². The van der Waals surface area contributed by atoms with Crippen molar-refractivity contribution in [3.8, 4) is 0 Å². The van der Waals surface area contributed by atoms with E-state index in [0.29, 0.717) is 0 Å². The lowest BCUT2D eigenvalue weighted by Gasteiger charge is -1.95. The van der Waals surface area contributed by atoms with Crippen molar-refractivity contribution < 1.29 is 0 Å². The highest BCUT2D eigenvalue weighted by molar-refractivity contribution is 7.11. The zero-order valence-electron chi connectivity index (χ0n) is 6.29. The molecule has 2 N–H and O–H groups in total.